The van der Waals surface area contributed by atoms with E-state index in [0.717, 1.165) is 34.5 Å². The van der Waals surface area contributed by atoms with E-state index in [2.05, 4.69) is 26.2 Å². The molecule has 0 radical (unpaired) electrons. The normalized spacial score (nSPS) is 19.1. The van der Waals surface area contributed by atoms with Gasteiger partial charge in [-0.05, 0) is 28.8 Å². The summed E-state index contributed by atoms with van der Waals surface area (Å²) in [6, 6.07) is 0. The Morgan fingerprint density at radius 1 is 1.53 bits per heavy atom. The van der Waals surface area contributed by atoms with E-state index in [1.807, 2.05) is 6.20 Å². The van der Waals surface area contributed by atoms with Gasteiger partial charge >= 0.3 is 0 Å². The first-order chi connectivity index (χ1) is 8.12. The Morgan fingerprint density at radius 2 is 2.24 bits per heavy atom. The average molecular weight is 318 g/mol. The fraction of sp³-hybridized carbons (Fsp3) is 0.636. The Bertz CT molecular complexity index is 401. The lowest BCUT2D eigenvalue weighted by Gasteiger charge is -2.35. The number of halogens is 1. The van der Waals surface area contributed by atoms with Gasteiger partial charge in [0.05, 0.1) is 5.54 Å². The van der Waals surface area contributed by atoms with Gasteiger partial charge in [-0.1, -0.05) is 19.3 Å². The molecule has 0 unspecified atom stereocenters. The van der Waals surface area contributed by atoms with Crippen LogP contribution >= 0.6 is 27.3 Å². The number of carbonyl (C=O) groups is 1. The van der Waals surface area contributed by atoms with Crippen LogP contribution in [0.15, 0.2) is 10.1 Å². The van der Waals surface area contributed by atoms with Gasteiger partial charge in [0.15, 0.2) is 3.92 Å². The quantitative estimate of drug-likeness (QED) is 0.894. The first-order valence-corrected chi connectivity index (χ1v) is 7.38. The van der Waals surface area contributed by atoms with E-state index in [1.54, 1.807) is 11.3 Å². The summed E-state index contributed by atoms with van der Waals surface area (Å²) >= 11 is 4.91. The monoisotopic (exact) mass is 317 g/mol. The van der Waals surface area contributed by atoms with Gasteiger partial charge in [-0.15, -0.1) is 11.3 Å². The van der Waals surface area contributed by atoms with E-state index in [9.17, 15) is 4.79 Å². The van der Waals surface area contributed by atoms with Gasteiger partial charge in [-0.3, -0.25) is 10.1 Å². The maximum atomic E-state index is 11.6. The molecule has 4 nitrogen and oxygen atoms in total. The van der Waals surface area contributed by atoms with Crippen LogP contribution in [0.25, 0.3) is 0 Å². The SMILES string of the molecule is NC(=O)C1(NCc2cnc(Br)s2)CCCCC1. The van der Waals surface area contributed by atoms with Gasteiger partial charge in [0.2, 0.25) is 5.91 Å². The van der Waals surface area contributed by atoms with Crippen LogP contribution in [-0.2, 0) is 11.3 Å². The van der Waals surface area contributed by atoms with Crippen LogP contribution in [0.4, 0.5) is 0 Å². The van der Waals surface area contributed by atoms with Crippen molar-refractivity contribution in [1.29, 1.82) is 0 Å². The molecule has 1 fully saturated rings. The molecule has 1 aromatic rings. The number of primary amides is 1. The predicted octanol–water partition coefficient (Wildman–Crippen LogP) is 2.18. The molecule has 3 N–H and O–H groups in total. The summed E-state index contributed by atoms with van der Waals surface area (Å²) in [6.07, 6.45) is 6.86. The summed E-state index contributed by atoms with van der Waals surface area (Å²) in [5.41, 5.74) is 5.04. The van der Waals surface area contributed by atoms with Crippen molar-refractivity contribution in [3.05, 3.63) is 15.0 Å². The number of nitrogens with two attached hydrogens (primary N) is 1. The van der Waals surface area contributed by atoms with E-state index in [1.165, 1.54) is 6.42 Å². The van der Waals surface area contributed by atoms with Crippen LogP contribution in [0.5, 0.6) is 0 Å². The molecule has 0 saturated heterocycles. The Labute approximate surface area is 113 Å². The minimum absolute atomic E-state index is 0.221. The lowest BCUT2D eigenvalue weighted by Crippen LogP contribution is -2.56. The first kappa shape index (κ1) is 13.0. The molecule has 0 aromatic carbocycles. The number of hydrogen-bond acceptors (Lipinski definition) is 4. The molecule has 1 aliphatic carbocycles. The standard InChI is InChI=1S/C11H16BrN3OS/c12-10-14-6-8(17-10)7-15-11(9(13)16)4-2-1-3-5-11/h6,15H,1-5,7H2,(H2,13,16). The summed E-state index contributed by atoms with van der Waals surface area (Å²) in [6.45, 7) is 0.659. The van der Waals surface area contributed by atoms with Crippen molar-refractivity contribution in [2.24, 2.45) is 5.73 Å². The largest absolute Gasteiger partial charge is 0.368 e. The van der Waals surface area contributed by atoms with Gasteiger partial charge in [0.25, 0.3) is 0 Å². The van der Waals surface area contributed by atoms with Gasteiger partial charge in [0, 0.05) is 17.6 Å². The maximum absolute atomic E-state index is 11.6. The maximum Gasteiger partial charge on any atom is 0.237 e. The lowest BCUT2D eigenvalue weighted by molar-refractivity contribution is -0.125. The number of rotatable bonds is 4. The van der Waals surface area contributed by atoms with Crippen molar-refractivity contribution in [2.75, 3.05) is 0 Å². The van der Waals surface area contributed by atoms with Gasteiger partial charge in [-0.25, -0.2) is 4.98 Å². The minimum Gasteiger partial charge on any atom is -0.368 e. The zero-order chi connectivity index (χ0) is 12.3. The number of amides is 1. The van der Waals surface area contributed by atoms with Gasteiger partial charge < -0.3 is 5.73 Å². The fourth-order valence-corrected chi connectivity index (χ4v) is 3.58. The third-order valence-corrected chi connectivity index (χ3v) is 4.78. The molecular weight excluding hydrogens is 302 g/mol. The highest BCUT2D eigenvalue weighted by atomic mass is 79.9. The lowest BCUT2D eigenvalue weighted by atomic mass is 9.81. The molecule has 1 saturated carbocycles. The van der Waals surface area contributed by atoms with Crippen molar-refractivity contribution >= 4 is 33.2 Å². The van der Waals surface area contributed by atoms with E-state index in [-0.39, 0.29) is 5.91 Å². The summed E-state index contributed by atoms with van der Waals surface area (Å²) in [5, 5.41) is 3.34. The van der Waals surface area contributed by atoms with Crippen molar-refractivity contribution in [2.45, 2.75) is 44.2 Å². The molecule has 94 valence electrons. The number of thiazole rings is 1. The summed E-state index contributed by atoms with van der Waals surface area (Å²) < 4.78 is 0.867. The Morgan fingerprint density at radius 3 is 2.76 bits per heavy atom. The van der Waals surface area contributed by atoms with E-state index in [0.29, 0.717) is 6.54 Å². The molecule has 0 bridgehead atoms. The van der Waals surface area contributed by atoms with Gasteiger partial charge in [-0.2, -0.15) is 0 Å². The van der Waals surface area contributed by atoms with E-state index < -0.39 is 5.54 Å². The first-order valence-electron chi connectivity index (χ1n) is 5.77. The number of carbonyl (C=O) groups excluding carboxylic acids is 1. The number of nitrogens with one attached hydrogen (secondary N) is 1. The highest BCUT2D eigenvalue weighted by Gasteiger charge is 2.37. The molecule has 1 aromatic heterocycles. The smallest absolute Gasteiger partial charge is 0.237 e. The Balaban J connectivity index is 2.00. The van der Waals surface area contributed by atoms with Gasteiger partial charge in [0.1, 0.15) is 0 Å². The number of aromatic nitrogens is 1. The van der Waals surface area contributed by atoms with Crippen LogP contribution in [0.1, 0.15) is 37.0 Å². The third-order valence-electron chi connectivity index (χ3n) is 3.31. The molecule has 1 heterocycles. The molecule has 0 atom stereocenters. The third kappa shape index (κ3) is 3.05. The van der Waals surface area contributed by atoms with Crippen molar-refractivity contribution in [3.8, 4) is 0 Å². The second kappa shape index (κ2) is 5.46. The summed E-state index contributed by atoms with van der Waals surface area (Å²) in [5.74, 6) is -0.221. The topological polar surface area (TPSA) is 68.0 Å². The fourth-order valence-electron chi connectivity index (χ4n) is 2.29. The highest BCUT2D eigenvalue weighted by Crippen LogP contribution is 2.29. The average Bonchev–Trinajstić information content (AvgIpc) is 2.74. The molecule has 0 aliphatic heterocycles. The van der Waals surface area contributed by atoms with Crippen LogP contribution in [0, 0.1) is 0 Å². The van der Waals surface area contributed by atoms with E-state index >= 15 is 0 Å². The van der Waals surface area contributed by atoms with Crippen LogP contribution in [0.2, 0.25) is 0 Å². The molecular formula is C11H16BrN3OS. The molecule has 6 heteroatoms. The molecule has 1 aliphatic rings. The van der Waals surface area contributed by atoms with Crippen LogP contribution in [0.3, 0.4) is 0 Å². The second-order valence-electron chi connectivity index (χ2n) is 4.44. The van der Waals surface area contributed by atoms with Crippen LogP contribution < -0.4 is 11.1 Å². The minimum atomic E-state index is -0.505. The molecule has 0 spiro atoms. The van der Waals surface area contributed by atoms with E-state index in [4.69, 9.17) is 5.73 Å². The Kier molecular flexibility index (Phi) is 4.17. The summed E-state index contributed by atoms with van der Waals surface area (Å²) in [4.78, 5) is 16.9. The molecule has 2 rings (SSSR count). The molecule has 1 amide bonds. The van der Waals surface area contributed by atoms with Crippen LogP contribution in [-0.4, -0.2) is 16.4 Å². The van der Waals surface area contributed by atoms with Crippen molar-refractivity contribution in [1.82, 2.24) is 10.3 Å². The molecule has 17 heavy (non-hydrogen) atoms. The second-order valence-corrected chi connectivity index (χ2v) is 6.83. The number of nitrogens with zero attached hydrogens (tertiary/aromatic N) is 1. The Hall–Kier alpha value is -0.460. The predicted molar refractivity (Wildman–Crippen MR) is 71.7 cm³/mol. The zero-order valence-corrected chi connectivity index (χ0v) is 11.9. The highest BCUT2D eigenvalue weighted by molar-refractivity contribution is 9.11. The number of hydrogen-bond donors (Lipinski definition) is 2. The van der Waals surface area contributed by atoms with Crippen molar-refractivity contribution < 1.29 is 4.79 Å². The summed E-state index contributed by atoms with van der Waals surface area (Å²) in [7, 11) is 0. The van der Waals surface area contributed by atoms with Crippen molar-refractivity contribution in [3.63, 3.8) is 0 Å². The zero-order valence-electron chi connectivity index (χ0n) is 9.54.